The first-order chi connectivity index (χ1) is 9.01. The van der Waals surface area contributed by atoms with Crippen LogP contribution in [0.15, 0.2) is 22.8 Å². The number of aryl methyl sites for hydroxylation is 1. The number of halogens is 1. The number of nitrogens with one attached hydrogen (secondary N) is 1. The van der Waals surface area contributed by atoms with E-state index in [0.717, 1.165) is 11.1 Å². The zero-order valence-electron chi connectivity index (χ0n) is 10.5. The third-order valence-electron chi connectivity index (χ3n) is 2.67. The van der Waals surface area contributed by atoms with Gasteiger partial charge < -0.3 is 14.8 Å². The number of rotatable bonds is 4. The van der Waals surface area contributed by atoms with Gasteiger partial charge in [0.1, 0.15) is 16.2 Å². The van der Waals surface area contributed by atoms with Gasteiger partial charge >= 0.3 is 5.97 Å². The van der Waals surface area contributed by atoms with Gasteiger partial charge in [0.15, 0.2) is 0 Å². The summed E-state index contributed by atoms with van der Waals surface area (Å²) in [5, 5.41) is 8.82. The number of aliphatic carboxylic acids is 1. The fraction of sp³-hybridized carbons (Fsp3) is 0.231. The van der Waals surface area contributed by atoms with Crippen molar-refractivity contribution in [2.24, 2.45) is 0 Å². The largest absolute Gasteiger partial charge is 0.496 e. The highest BCUT2D eigenvalue weighted by Gasteiger charge is 2.15. The summed E-state index contributed by atoms with van der Waals surface area (Å²) in [6.45, 7) is 1.97. The standard InChI is InChI=1S/C13H13BrN2O3/c1-7-3-4-10(19-2)8(5-7)13-15-9(6-11(17)18)12(14)16-13/h3-5H,6H2,1-2H3,(H,15,16)(H,17,18). The molecule has 5 nitrogen and oxygen atoms in total. The molecule has 0 unspecified atom stereocenters. The molecule has 0 aliphatic rings. The number of hydrogen-bond donors (Lipinski definition) is 2. The molecule has 0 fully saturated rings. The molecule has 2 N–H and O–H groups in total. The Morgan fingerprint density at radius 3 is 2.89 bits per heavy atom. The average Bonchev–Trinajstić information content (AvgIpc) is 2.70. The number of carboxylic acid groups (broad SMARTS) is 1. The smallest absolute Gasteiger partial charge is 0.309 e. The maximum atomic E-state index is 10.8. The molecule has 0 aliphatic carbocycles. The van der Waals surface area contributed by atoms with Crippen LogP contribution in [-0.4, -0.2) is 28.2 Å². The lowest BCUT2D eigenvalue weighted by atomic mass is 10.1. The third-order valence-corrected chi connectivity index (χ3v) is 3.32. The van der Waals surface area contributed by atoms with Gasteiger partial charge in [-0.05, 0) is 35.0 Å². The van der Waals surface area contributed by atoms with Crippen LogP contribution in [0.4, 0.5) is 0 Å². The molecule has 0 atom stereocenters. The molecule has 6 heteroatoms. The molecule has 1 aromatic carbocycles. The molecule has 0 aliphatic heterocycles. The summed E-state index contributed by atoms with van der Waals surface area (Å²) in [5.74, 6) is 0.365. The Bertz CT molecular complexity index is 622. The number of imidazole rings is 1. The van der Waals surface area contributed by atoms with E-state index in [-0.39, 0.29) is 6.42 Å². The minimum Gasteiger partial charge on any atom is -0.496 e. The Morgan fingerprint density at radius 1 is 1.53 bits per heavy atom. The molecule has 2 rings (SSSR count). The van der Waals surface area contributed by atoms with Crippen LogP contribution in [0.1, 0.15) is 11.3 Å². The minimum absolute atomic E-state index is 0.109. The van der Waals surface area contributed by atoms with Gasteiger partial charge in [0, 0.05) is 0 Å². The number of benzene rings is 1. The van der Waals surface area contributed by atoms with E-state index in [1.165, 1.54) is 0 Å². The third kappa shape index (κ3) is 2.96. The highest BCUT2D eigenvalue weighted by atomic mass is 79.9. The molecule has 0 saturated carbocycles. The molecule has 1 aromatic heterocycles. The number of carboxylic acids is 1. The van der Waals surface area contributed by atoms with Crippen molar-refractivity contribution in [1.29, 1.82) is 0 Å². The molecule has 1 heterocycles. The van der Waals surface area contributed by atoms with Crippen LogP contribution >= 0.6 is 15.9 Å². The molecule has 0 amide bonds. The van der Waals surface area contributed by atoms with Crippen molar-refractivity contribution in [2.75, 3.05) is 7.11 Å². The summed E-state index contributed by atoms with van der Waals surface area (Å²) in [7, 11) is 1.59. The number of hydrogen-bond acceptors (Lipinski definition) is 3. The second-order valence-corrected chi connectivity index (χ2v) is 4.88. The molecule has 19 heavy (non-hydrogen) atoms. The van der Waals surface area contributed by atoms with E-state index in [1.54, 1.807) is 7.11 Å². The predicted octanol–water partition coefficient (Wildman–Crippen LogP) is 2.78. The first-order valence-electron chi connectivity index (χ1n) is 5.62. The second kappa shape index (κ2) is 5.44. The van der Waals surface area contributed by atoms with Crippen molar-refractivity contribution in [1.82, 2.24) is 9.97 Å². The Labute approximate surface area is 118 Å². The van der Waals surface area contributed by atoms with Gasteiger partial charge in [0.05, 0.1) is 24.8 Å². The molecular formula is C13H13BrN2O3. The van der Waals surface area contributed by atoms with Gasteiger partial charge in [-0.25, -0.2) is 4.98 Å². The minimum atomic E-state index is -0.910. The first-order valence-corrected chi connectivity index (χ1v) is 6.41. The van der Waals surface area contributed by atoms with Crippen LogP contribution in [0.25, 0.3) is 11.4 Å². The topological polar surface area (TPSA) is 75.2 Å². The molecular weight excluding hydrogens is 312 g/mol. The van der Waals surface area contributed by atoms with E-state index < -0.39 is 5.97 Å². The van der Waals surface area contributed by atoms with Crippen LogP contribution in [0, 0.1) is 6.92 Å². The van der Waals surface area contributed by atoms with E-state index in [1.807, 2.05) is 25.1 Å². The fourth-order valence-electron chi connectivity index (χ4n) is 1.79. The van der Waals surface area contributed by atoms with Gasteiger partial charge in [-0.3, -0.25) is 4.79 Å². The van der Waals surface area contributed by atoms with E-state index in [0.29, 0.717) is 21.9 Å². The molecule has 0 spiro atoms. The van der Waals surface area contributed by atoms with Crippen molar-refractivity contribution in [3.05, 3.63) is 34.1 Å². The highest BCUT2D eigenvalue weighted by molar-refractivity contribution is 9.10. The van der Waals surface area contributed by atoms with Gasteiger partial charge in [0.2, 0.25) is 0 Å². The first kappa shape index (κ1) is 13.6. The zero-order chi connectivity index (χ0) is 14.0. The molecule has 100 valence electrons. The Balaban J connectivity index is 2.47. The predicted molar refractivity (Wildman–Crippen MR) is 74.4 cm³/mol. The summed E-state index contributed by atoms with van der Waals surface area (Å²) in [5.41, 5.74) is 2.41. The van der Waals surface area contributed by atoms with Gasteiger partial charge in [-0.1, -0.05) is 11.6 Å². The molecule has 0 bridgehead atoms. The van der Waals surface area contributed by atoms with Crippen LogP contribution < -0.4 is 4.74 Å². The quantitative estimate of drug-likeness (QED) is 0.906. The summed E-state index contributed by atoms with van der Waals surface area (Å²) in [4.78, 5) is 18.1. The van der Waals surface area contributed by atoms with E-state index in [9.17, 15) is 4.79 Å². The lowest BCUT2D eigenvalue weighted by molar-refractivity contribution is -0.136. The van der Waals surface area contributed by atoms with Crippen molar-refractivity contribution < 1.29 is 14.6 Å². The average molecular weight is 325 g/mol. The van der Waals surface area contributed by atoms with Crippen LogP contribution in [-0.2, 0) is 11.2 Å². The number of ether oxygens (including phenoxy) is 1. The Hall–Kier alpha value is -1.82. The normalized spacial score (nSPS) is 10.5. The summed E-state index contributed by atoms with van der Waals surface area (Å²) < 4.78 is 5.80. The Morgan fingerprint density at radius 2 is 2.26 bits per heavy atom. The van der Waals surface area contributed by atoms with Crippen molar-refractivity contribution >= 4 is 21.9 Å². The molecule has 2 aromatic rings. The maximum absolute atomic E-state index is 10.8. The van der Waals surface area contributed by atoms with Crippen LogP contribution in [0.5, 0.6) is 5.75 Å². The van der Waals surface area contributed by atoms with E-state index >= 15 is 0 Å². The van der Waals surface area contributed by atoms with Crippen molar-refractivity contribution in [3.63, 3.8) is 0 Å². The monoisotopic (exact) mass is 324 g/mol. The Kier molecular flexibility index (Phi) is 3.90. The SMILES string of the molecule is COc1ccc(C)cc1-c1nc(Br)c(CC(=O)O)[nH]1. The molecule has 0 saturated heterocycles. The number of H-pyrrole nitrogens is 1. The maximum Gasteiger partial charge on any atom is 0.309 e. The lowest BCUT2D eigenvalue weighted by Crippen LogP contribution is -2.00. The number of aromatic nitrogens is 2. The lowest BCUT2D eigenvalue weighted by Gasteiger charge is -2.06. The summed E-state index contributed by atoms with van der Waals surface area (Å²) >= 11 is 3.26. The number of nitrogens with zero attached hydrogens (tertiary/aromatic N) is 1. The highest BCUT2D eigenvalue weighted by Crippen LogP contribution is 2.30. The van der Waals surface area contributed by atoms with Crippen molar-refractivity contribution in [2.45, 2.75) is 13.3 Å². The fourth-order valence-corrected chi connectivity index (χ4v) is 2.21. The van der Waals surface area contributed by atoms with Gasteiger partial charge in [-0.15, -0.1) is 0 Å². The zero-order valence-corrected chi connectivity index (χ0v) is 12.1. The number of methoxy groups -OCH3 is 1. The van der Waals surface area contributed by atoms with Crippen molar-refractivity contribution in [3.8, 4) is 17.1 Å². The van der Waals surface area contributed by atoms with Crippen LogP contribution in [0.2, 0.25) is 0 Å². The summed E-state index contributed by atoms with van der Waals surface area (Å²) in [6.07, 6.45) is -0.109. The number of aromatic amines is 1. The van der Waals surface area contributed by atoms with E-state index in [4.69, 9.17) is 9.84 Å². The van der Waals surface area contributed by atoms with E-state index in [2.05, 4.69) is 25.9 Å². The summed E-state index contributed by atoms with van der Waals surface area (Å²) in [6, 6.07) is 5.74. The van der Waals surface area contributed by atoms with Crippen LogP contribution in [0.3, 0.4) is 0 Å². The van der Waals surface area contributed by atoms with Gasteiger partial charge in [-0.2, -0.15) is 0 Å². The molecule has 0 radical (unpaired) electrons. The number of carbonyl (C=O) groups is 1. The van der Waals surface area contributed by atoms with Gasteiger partial charge in [0.25, 0.3) is 0 Å². The second-order valence-electron chi connectivity index (χ2n) is 4.13.